The van der Waals surface area contributed by atoms with E-state index in [-0.39, 0.29) is 5.91 Å². The van der Waals surface area contributed by atoms with Crippen molar-refractivity contribution < 1.29 is 9.90 Å². The third kappa shape index (κ3) is 2.67. The maximum atomic E-state index is 12.6. The lowest BCUT2D eigenvalue weighted by molar-refractivity contribution is 0.0705. The van der Waals surface area contributed by atoms with Crippen LogP contribution < -0.4 is 5.32 Å². The van der Waals surface area contributed by atoms with E-state index in [0.29, 0.717) is 36.7 Å². The van der Waals surface area contributed by atoms with Gasteiger partial charge < -0.3 is 15.3 Å². The van der Waals surface area contributed by atoms with E-state index in [2.05, 4.69) is 15.4 Å². The number of aliphatic hydroxyl groups excluding tert-OH is 1. The van der Waals surface area contributed by atoms with Crippen molar-refractivity contribution in [3.8, 4) is 0 Å². The molecule has 2 N–H and O–H groups in total. The van der Waals surface area contributed by atoms with E-state index >= 15 is 0 Å². The molecule has 116 valence electrons. The SMILES string of the molecule is CNc1cc(C(=O)N2CCn3nc([C@@H](C)O)cc3C2)ccn1. The number of hydrogen-bond acceptors (Lipinski definition) is 5. The fourth-order valence-corrected chi connectivity index (χ4v) is 2.55. The number of rotatable bonds is 3. The number of pyridine rings is 1. The predicted octanol–water partition coefficient (Wildman–Crippen LogP) is 1.03. The Morgan fingerprint density at radius 1 is 1.41 bits per heavy atom. The molecule has 3 heterocycles. The molecule has 1 aliphatic rings. The van der Waals surface area contributed by atoms with Crippen LogP contribution in [0.1, 0.15) is 34.8 Å². The van der Waals surface area contributed by atoms with Gasteiger partial charge in [-0.2, -0.15) is 5.10 Å². The number of fused-ring (bicyclic) bond motifs is 1. The van der Waals surface area contributed by atoms with E-state index < -0.39 is 6.10 Å². The minimum Gasteiger partial charge on any atom is -0.387 e. The van der Waals surface area contributed by atoms with E-state index in [1.54, 1.807) is 37.2 Å². The minimum atomic E-state index is -0.597. The van der Waals surface area contributed by atoms with E-state index in [9.17, 15) is 9.90 Å². The summed E-state index contributed by atoms with van der Waals surface area (Å²) < 4.78 is 1.86. The number of carbonyl (C=O) groups is 1. The van der Waals surface area contributed by atoms with Crippen LogP contribution in [0.5, 0.6) is 0 Å². The first-order valence-corrected chi connectivity index (χ1v) is 7.26. The number of aromatic nitrogens is 3. The van der Waals surface area contributed by atoms with Gasteiger partial charge in [0.2, 0.25) is 0 Å². The number of amides is 1. The molecule has 0 fully saturated rings. The van der Waals surface area contributed by atoms with Crippen molar-refractivity contribution in [2.75, 3.05) is 18.9 Å². The molecule has 22 heavy (non-hydrogen) atoms. The molecule has 1 atom stereocenters. The van der Waals surface area contributed by atoms with E-state index in [1.807, 2.05) is 10.7 Å². The summed E-state index contributed by atoms with van der Waals surface area (Å²) in [6.07, 6.45) is 1.03. The van der Waals surface area contributed by atoms with Crippen molar-refractivity contribution in [1.82, 2.24) is 19.7 Å². The highest BCUT2D eigenvalue weighted by atomic mass is 16.3. The fourth-order valence-electron chi connectivity index (χ4n) is 2.55. The normalized spacial score (nSPS) is 15.3. The van der Waals surface area contributed by atoms with Gasteiger partial charge in [0.05, 0.1) is 30.6 Å². The standard InChI is InChI=1S/C15H19N5O2/c1-10(21)13-8-12-9-19(5-6-20(12)18-13)15(22)11-3-4-17-14(7-11)16-2/h3-4,7-8,10,21H,5-6,9H2,1-2H3,(H,16,17)/t10-/m1/s1. The van der Waals surface area contributed by atoms with Gasteiger partial charge in [-0.3, -0.25) is 9.48 Å². The first-order valence-electron chi connectivity index (χ1n) is 7.26. The van der Waals surface area contributed by atoms with Crippen LogP contribution in [0.2, 0.25) is 0 Å². The molecule has 0 aliphatic carbocycles. The molecule has 1 aliphatic heterocycles. The average molecular weight is 301 g/mol. The first-order chi connectivity index (χ1) is 10.6. The Morgan fingerprint density at radius 2 is 2.23 bits per heavy atom. The van der Waals surface area contributed by atoms with Crippen LogP contribution in [-0.2, 0) is 13.1 Å². The highest BCUT2D eigenvalue weighted by Crippen LogP contribution is 2.19. The zero-order valence-electron chi connectivity index (χ0n) is 12.7. The largest absolute Gasteiger partial charge is 0.387 e. The van der Waals surface area contributed by atoms with E-state index in [4.69, 9.17) is 0 Å². The second kappa shape index (κ2) is 5.76. The smallest absolute Gasteiger partial charge is 0.254 e. The lowest BCUT2D eigenvalue weighted by Crippen LogP contribution is -2.38. The lowest BCUT2D eigenvalue weighted by atomic mass is 10.2. The topological polar surface area (TPSA) is 83.3 Å². The summed E-state index contributed by atoms with van der Waals surface area (Å²) in [5, 5.41) is 16.9. The number of anilines is 1. The lowest BCUT2D eigenvalue weighted by Gasteiger charge is -2.27. The van der Waals surface area contributed by atoms with Crippen LogP contribution in [0.3, 0.4) is 0 Å². The Morgan fingerprint density at radius 3 is 2.95 bits per heavy atom. The number of aliphatic hydroxyl groups is 1. The van der Waals surface area contributed by atoms with Crippen molar-refractivity contribution in [2.45, 2.75) is 26.1 Å². The molecule has 3 rings (SSSR count). The Kier molecular flexibility index (Phi) is 3.81. The van der Waals surface area contributed by atoms with Crippen molar-refractivity contribution >= 4 is 11.7 Å². The summed E-state index contributed by atoms with van der Waals surface area (Å²) in [7, 11) is 1.77. The third-order valence-electron chi connectivity index (χ3n) is 3.80. The zero-order valence-corrected chi connectivity index (χ0v) is 12.7. The Labute approximate surface area is 128 Å². The minimum absolute atomic E-state index is 0.0232. The van der Waals surface area contributed by atoms with Crippen molar-refractivity contribution in [3.63, 3.8) is 0 Å². The fraction of sp³-hybridized carbons (Fsp3) is 0.400. The molecule has 0 spiro atoms. The molecule has 7 heteroatoms. The van der Waals surface area contributed by atoms with Crippen LogP contribution in [0, 0.1) is 0 Å². The average Bonchev–Trinajstić information content (AvgIpc) is 2.97. The molecule has 1 amide bonds. The monoisotopic (exact) mass is 301 g/mol. The van der Waals surface area contributed by atoms with Gasteiger partial charge >= 0.3 is 0 Å². The Balaban J connectivity index is 1.80. The maximum Gasteiger partial charge on any atom is 0.254 e. The summed E-state index contributed by atoms with van der Waals surface area (Å²) in [4.78, 5) is 18.5. The molecule has 0 aromatic carbocycles. The van der Waals surface area contributed by atoms with Crippen LogP contribution in [0.25, 0.3) is 0 Å². The second-order valence-electron chi connectivity index (χ2n) is 5.37. The molecule has 0 saturated carbocycles. The molecule has 0 saturated heterocycles. The summed E-state index contributed by atoms with van der Waals surface area (Å²) in [6, 6.07) is 5.32. The molecule has 0 radical (unpaired) electrons. The van der Waals surface area contributed by atoms with Gasteiger partial charge in [-0.05, 0) is 25.1 Å². The van der Waals surface area contributed by atoms with Gasteiger partial charge in [0.15, 0.2) is 0 Å². The third-order valence-corrected chi connectivity index (χ3v) is 3.80. The van der Waals surface area contributed by atoms with Crippen molar-refractivity contribution in [1.29, 1.82) is 0 Å². The van der Waals surface area contributed by atoms with Gasteiger partial charge in [-0.25, -0.2) is 4.98 Å². The van der Waals surface area contributed by atoms with Gasteiger partial charge in [-0.1, -0.05) is 0 Å². The molecular weight excluding hydrogens is 282 g/mol. The van der Waals surface area contributed by atoms with Crippen LogP contribution in [-0.4, -0.2) is 44.3 Å². The Hall–Kier alpha value is -2.41. The van der Waals surface area contributed by atoms with Gasteiger partial charge in [0.25, 0.3) is 5.91 Å². The summed E-state index contributed by atoms with van der Waals surface area (Å²) >= 11 is 0. The maximum absolute atomic E-state index is 12.6. The van der Waals surface area contributed by atoms with Crippen molar-refractivity contribution in [3.05, 3.63) is 41.3 Å². The van der Waals surface area contributed by atoms with Crippen LogP contribution >= 0.6 is 0 Å². The van der Waals surface area contributed by atoms with E-state index in [1.165, 1.54) is 0 Å². The molecule has 2 aromatic rings. The quantitative estimate of drug-likeness (QED) is 0.884. The van der Waals surface area contributed by atoms with Gasteiger partial charge in [0, 0.05) is 25.4 Å². The molecule has 0 unspecified atom stereocenters. The number of nitrogens with one attached hydrogen (secondary N) is 1. The molecular formula is C15H19N5O2. The zero-order chi connectivity index (χ0) is 15.7. The van der Waals surface area contributed by atoms with Gasteiger partial charge in [0.1, 0.15) is 5.82 Å². The summed E-state index contributed by atoms with van der Waals surface area (Å²) in [6.45, 7) is 3.42. The van der Waals surface area contributed by atoms with E-state index in [0.717, 1.165) is 5.69 Å². The summed E-state index contributed by atoms with van der Waals surface area (Å²) in [5.74, 6) is 0.647. The Bertz CT molecular complexity index is 695. The predicted molar refractivity (Wildman–Crippen MR) is 81.4 cm³/mol. The highest BCUT2D eigenvalue weighted by Gasteiger charge is 2.24. The summed E-state index contributed by atoms with van der Waals surface area (Å²) in [5.41, 5.74) is 2.20. The molecule has 0 bridgehead atoms. The van der Waals surface area contributed by atoms with Crippen molar-refractivity contribution in [2.24, 2.45) is 0 Å². The van der Waals surface area contributed by atoms with Crippen LogP contribution in [0.4, 0.5) is 5.82 Å². The van der Waals surface area contributed by atoms with Crippen LogP contribution in [0.15, 0.2) is 24.4 Å². The number of hydrogen-bond donors (Lipinski definition) is 2. The number of nitrogens with zero attached hydrogens (tertiary/aromatic N) is 4. The number of carbonyl (C=O) groups excluding carboxylic acids is 1. The second-order valence-corrected chi connectivity index (χ2v) is 5.37. The first kappa shape index (κ1) is 14.5. The molecule has 7 nitrogen and oxygen atoms in total. The highest BCUT2D eigenvalue weighted by molar-refractivity contribution is 5.94. The molecule has 2 aromatic heterocycles. The van der Waals surface area contributed by atoms with Gasteiger partial charge in [-0.15, -0.1) is 0 Å².